The molecule has 11 heteroatoms. The average Bonchev–Trinajstić information content (AvgIpc) is 2.86. The Morgan fingerprint density at radius 1 is 0.886 bits per heavy atom. The number of rotatable bonds is 6. The highest BCUT2D eigenvalue weighted by atomic mass is 19.4. The van der Waals surface area contributed by atoms with Crippen LogP contribution in [0.25, 0.3) is 0 Å². The normalized spacial score (nSPS) is 14.4. The van der Waals surface area contributed by atoms with Crippen molar-refractivity contribution in [2.24, 2.45) is 5.73 Å². The molecule has 0 radical (unpaired) electrons. The number of piperazine rings is 1. The zero-order valence-corrected chi connectivity index (χ0v) is 18.5. The first-order valence-corrected chi connectivity index (χ1v) is 10.7. The highest BCUT2D eigenvalue weighted by Gasteiger charge is 2.36. The number of nitrogens with one attached hydrogen (secondary N) is 1. The zero-order chi connectivity index (χ0) is 25.6. The smallest absolute Gasteiger partial charge is 0.394 e. The number of nitrogens with zero attached hydrogens (tertiary/aromatic N) is 2. The number of alkyl halides is 3. The van der Waals surface area contributed by atoms with E-state index in [-0.39, 0.29) is 31.9 Å². The molecule has 1 aliphatic heterocycles. The van der Waals surface area contributed by atoms with Gasteiger partial charge in [0.2, 0.25) is 5.91 Å². The summed E-state index contributed by atoms with van der Waals surface area (Å²) in [5.41, 5.74) is 4.19. The maximum absolute atomic E-state index is 13.2. The summed E-state index contributed by atoms with van der Waals surface area (Å²) < 4.78 is 39.7. The van der Waals surface area contributed by atoms with Crippen LogP contribution >= 0.6 is 0 Å². The number of carbonyl (C=O) groups is 4. The van der Waals surface area contributed by atoms with Crippen LogP contribution in [0.3, 0.4) is 0 Å². The number of halogens is 3. The minimum Gasteiger partial charge on any atom is -0.394 e. The molecule has 184 valence electrons. The van der Waals surface area contributed by atoms with E-state index in [9.17, 15) is 32.3 Å². The Kier molecular flexibility index (Phi) is 7.90. The molecule has 1 heterocycles. The van der Waals surface area contributed by atoms with Crippen molar-refractivity contribution in [1.29, 1.82) is 0 Å². The van der Waals surface area contributed by atoms with Gasteiger partial charge in [0.25, 0.3) is 11.8 Å². The monoisotopic (exact) mass is 488 g/mol. The van der Waals surface area contributed by atoms with E-state index in [0.29, 0.717) is 5.56 Å². The van der Waals surface area contributed by atoms with Gasteiger partial charge < -0.3 is 20.9 Å². The zero-order valence-electron chi connectivity index (χ0n) is 18.5. The van der Waals surface area contributed by atoms with E-state index in [0.717, 1.165) is 18.2 Å². The maximum Gasteiger partial charge on any atom is 0.417 e. The molecule has 0 atom stereocenters. The Balaban J connectivity index is 1.51. The van der Waals surface area contributed by atoms with Crippen molar-refractivity contribution in [3.8, 4) is 0 Å². The number of amides is 3. The highest BCUT2D eigenvalue weighted by molar-refractivity contribution is 6.09. The largest absolute Gasteiger partial charge is 0.417 e. The van der Waals surface area contributed by atoms with E-state index in [1.54, 1.807) is 30.3 Å². The van der Waals surface area contributed by atoms with Crippen LogP contribution < -0.4 is 11.1 Å². The number of ketones is 1. The van der Waals surface area contributed by atoms with Gasteiger partial charge >= 0.3 is 6.18 Å². The average molecular weight is 488 g/mol. The molecule has 0 spiro atoms. The van der Waals surface area contributed by atoms with Crippen molar-refractivity contribution in [3.63, 3.8) is 0 Å². The van der Waals surface area contributed by atoms with E-state index in [4.69, 9.17) is 5.73 Å². The molecule has 1 aliphatic rings. The fourth-order valence-corrected chi connectivity index (χ4v) is 3.51. The molecule has 0 bridgehead atoms. The Bertz CT molecular complexity index is 1140. The van der Waals surface area contributed by atoms with Crippen LogP contribution in [0.15, 0.2) is 66.4 Å². The summed E-state index contributed by atoms with van der Waals surface area (Å²) in [7, 11) is 0. The first kappa shape index (κ1) is 25.5. The minimum atomic E-state index is -4.66. The van der Waals surface area contributed by atoms with Gasteiger partial charge in [-0.15, -0.1) is 0 Å². The van der Waals surface area contributed by atoms with Crippen LogP contribution in [0.5, 0.6) is 0 Å². The molecule has 8 nitrogen and oxygen atoms in total. The van der Waals surface area contributed by atoms with E-state index in [2.05, 4.69) is 5.32 Å². The van der Waals surface area contributed by atoms with Crippen molar-refractivity contribution in [1.82, 2.24) is 15.1 Å². The lowest BCUT2D eigenvalue weighted by molar-refractivity contribution is -0.138. The summed E-state index contributed by atoms with van der Waals surface area (Å²) in [6, 6.07) is 12.7. The number of benzene rings is 2. The van der Waals surface area contributed by atoms with Gasteiger partial charge in [-0.05, 0) is 12.1 Å². The van der Waals surface area contributed by atoms with Gasteiger partial charge in [-0.2, -0.15) is 13.2 Å². The summed E-state index contributed by atoms with van der Waals surface area (Å²) in [4.78, 5) is 52.0. The fourth-order valence-electron chi connectivity index (χ4n) is 3.51. The second-order valence-corrected chi connectivity index (χ2v) is 7.73. The maximum atomic E-state index is 13.2. The first-order valence-electron chi connectivity index (χ1n) is 10.7. The molecule has 0 aromatic heterocycles. The van der Waals surface area contributed by atoms with Gasteiger partial charge in [0, 0.05) is 37.8 Å². The number of hydrogen-bond donors (Lipinski definition) is 2. The Morgan fingerprint density at radius 2 is 1.46 bits per heavy atom. The predicted molar refractivity (Wildman–Crippen MR) is 120 cm³/mol. The lowest BCUT2D eigenvalue weighted by Gasteiger charge is -2.35. The second-order valence-electron chi connectivity index (χ2n) is 7.73. The quantitative estimate of drug-likeness (QED) is 0.476. The van der Waals surface area contributed by atoms with Gasteiger partial charge in [0.05, 0.1) is 17.7 Å². The van der Waals surface area contributed by atoms with Crippen LogP contribution in [0, 0.1) is 0 Å². The molecule has 0 unspecified atom stereocenters. The van der Waals surface area contributed by atoms with Crippen LogP contribution in [0.1, 0.15) is 26.3 Å². The first-order chi connectivity index (χ1) is 16.6. The molecule has 2 aromatic carbocycles. The third-order valence-corrected chi connectivity index (χ3v) is 5.39. The number of carbonyl (C=O) groups excluding carboxylic acids is 4. The van der Waals surface area contributed by atoms with Gasteiger partial charge in [0.15, 0.2) is 5.78 Å². The fraction of sp³-hybridized carbons (Fsp3) is 0.250. The Labute approximate surface area is 199 Å². The molecule has 1 saturated heterocycles. The van der Waals surface area contributed by atoms with Crippen LogP contribution in [0.4, 0.5) is 13.2 Å². The van der Waals surface area contributed by atoms with Crippen LogP contribution in [0.2, 0.25) is 0 Å². The molecular formula is C24H23F3N4O4. The van der Waals surface area contributed by atoms with Crippen molar-refractivity contribution < 1.29 is 32.3 Å². The van der Waals surface area contributed by atoms with Crippen LogP contribution in [-0.2, 0) is 15.8 Å². The SMILES string of the molecule is N/C(=C\C(=O)c1ccccc1)C(=O)NCC(=O)N1CCN(C(=O)c2ccccc2C(F)(F)F)CC1. The molecule has 1 fully saturated rings. The Hall–Kier alpha value is -4.15. The topological polar surface area (TPSA) is 113 Å². The van der Waals surface area contributed by atoms with Crippen LogP contribution in [-0.4, -0.2) is 66.0 Å². The lowest BCUT2D eigenvalue weighted by Crippen LogP contribution is -2.53. The van der Waals surface area contributed by atoms with E-state index in [1.165, 1.54) is 21.9 Å². The van der Waals surface area contributed by atoms with Gasteiger partial charge in [-0.25, -0.2) is 0 Å². The van der Waals surface area contributed by atoms with E-state index >= 15 is 0 Å². The third kappa shape index (κ3) is 6.46. The van der Waals surface area contributed by atoms with E-state index < -0.39 is 47.4 Å². The molecule has 2 aromatic rings. The summed E-state index contributed by atoms with van der Waals surface area (Å²) in [5.74, 6) is -2.47. The van der Waals surface area contributed by atoms with Gasteiger partial charge in [-0.3, -0.25) is 19.2 Å². The van der Waals surface area contributed by atoms with Crippen molar-refractivity contribution in [2.75, 3.05) is 32.7 Å². The molecule has 3 N–H and O–H groups in total. The Morgan fingerprint density at radius 3 is 2.09 bits per heavy atom. The summed E-state index contributed by atoms with van der Waals surface area (Å²) in [5, 5.41) is 2.34. The number of nitrogens with two attached hydrogens (primary N) is 1. The number of allylic oxidation sites excluding steroid dienone is 1. The van der Waals surface area contributed by atoms with Crippen molar-refractivity contribution in [3.05, 3.63) is 83.1 Å². The minimum absolute atomic E-state index is 0.0400. The van der Waals surface area contributed by atoms with E-state index in [1.807, 2.05) is 0 Å². The molecular weight excluding hydrogens is 465 g/mol. The second kappa shape index (κ2) is 10.9. The standard InChI is InChI=1S/C24H23F3N4O4/c25-24(26,27)18-9-5-4-8-17(18)23(35)31-12-10-30(11-13-31)21(33)15-29-22(34)19(28)14-20(32)16-6-2-1-3-7-16/h1-9,14H,10-13,15,28H2,(H,29,34)/b19-14-. The summed E-state index contributed by atoms with van der Waals surface area (Å²) in [6.07, 6.45) is -3.69. The van der Waals surface area contributed by atoms with Crippen molar-refractivity contribution >= 4 is 23.5 Å². The lowest BCUT2D eigenvalue weighted by atomic mass is 10.1. The molecule has 3 rings (SSSR count). The summed E-state index contributed by atoms with van der Waals surface area (Å²) >= 11 is 0. The molecule has 0 aliphatic carbocycles. The highest BCUT2D eigenvalue weighted by Crippen LogP contribution is 2.32. The summed E-state index contributed by atoms with van der Waals surface area (Å²) in [6.45, 7) is -0.132. The molecule has 35 heavy (non-hydrogen) atoms. The van der Waals surface area contributed by atoms with Crippen molar-refractivity contribution in [2.45, 2.75) is 6.18 Å². The number of hydrogen-bond acceptors (Lipinski definition) is 5. The predicted octanol–water partition coefficient (Wildman–Crippen LogP) is 1.83. The third-order valence-electron chi connectivity index (χ3n) is 5.39. The van der Waals surface area contributed by atoms with Gasteiger partial charge in [-0.1, -0.05) is 42.5 Å². The van der Waals surface area contributed by atoms with Gasteiger partial charge in [0.1, 0.15) is 5.70 Å². The molecule has 0 saturated carbocycles. The molecule has 3 amide bonds.